The largest absolute Gasteiger partial charge is 0.317 e. The number of halogens is 1. The summed E-state index contributed by atoms with van der Waals surface area (Å²) in [5.74, 6) is 0.574. The van der Waals surface area contributed by atoms with Gasteiger partial charge >= 0.3 is 5.69 Å². The van der Waals surface area contributed by atoms with Crippen molar-refractivity contribution in [1.82, 2.24) is 0 Å². The third-order valence-corrected chi connectivity index (χ3v) is 3.64. The van der Waals surface area contributed by atoms with Gasteiger partial charge in [-0.2, -0.15) is 0 Å². The van der Waals surface area contributed by atoms with Crippen LogP contribution in [-0.4, -0.2) is 17.9 Å². The lowest BCUT2D eigenvalue weighted by molar-refractivity contribution is -0.736. The molecule has 0 bridgehead atoms. The SMILES string of the molecule is CO[N+](=O)c1cccc(C2=C(CCl)CCCC2)c1. The summed E-state index contributed by atoms with van der Waals surface area (Å²) in [5.41, 5.74) is 4.19. The molecule has 18 heavy (non-hydrogen) atoms. The van der Waals surface area contributed by atoms with E-state index < -0.39 is 0 Å². The maximum absolute atomic E-state index is 11.5. The molecule has 0 spiro atoms. The van der Waals surface area contributed by atoms with Crippen LogP contribution >= 0.6 is 11.6 Å². The molecule has 1 aliphatic carbocycles. The smallest absolute Gasteiger partial charge is 0.230 e. The third-order valence-electron chi connectivity index (χ3n) is 3.31. The molecule has 96 valence electrons. The standard InChI is InChI=1S/C14H17ClNO2/c1-18-16(17)13-7-4-6-11(9-13)14-8-3-2-5-12(14)10-15/h4,6-7,9H,2-3,5,8,10H2,1H3/q+1. The van der Waals surface area contributed by atoms with E-state index in [4.69, 9.17) is 11.6 Å². The molecule has 1 aromatic carbocycles. The number of allylic oxidation sites excluding steroid dienone is 2. The number of alkyl halides is 1. The van der Waals surface area contributed by atoms with Gasteiger partial charge in [-0.05, 0) is 36.8 Å². The van der Waals surface area contributed by atoms with Gasteiger partial charge in [0, 0.05) is 18.0 Å². The normalized spacial score (nSPS) is 15.7. The fourth-order valence-electron chi connectivity index (χ4n) is 2.38. The van der Waals surface area contributed by atoms with E-state index in [1.54, 1.807) is 6.07 Å². The van der Waals surface area contributed by atoms with Gasteiger partial charge in [-0.25, -0.2) is 4.84 Å². The van der Waals surface area contributed by atoms with E-state index in [2.05, 4.69) is 4.84 Å². The van der Waals surface area contributed by atoms with E-state index in [-0.39, 0.29) is 0 Å². The molecule has 0 heterocycles. The minimum absolute atomic E-state index is 0.516. The number of hydrogen-bond acceptors (Lipinski definition) is 2. The molecule has 2 rings (SSSR count). The Morgan fingerprint density at radius 3 is 2.83 bits per heavy atom. The molecule has 0 saturated carbocycles. The molecule has 0 atom stereocenters. The van der Waals surface area contributed by atoms with Crippen molar-refractivity contribution in [2.24, 2.45) is 0 Å². The Labute approximate surface area is 112 Å². The van der Waals surface area contributed by atoms with Crippen molar-refractivity contribution in [3.63, 3.8) is 0 Å². The molecule has 0 radical (unpaired) electrons. The Morgan fingerprint density at radius 2 is 2.11 bits per heavy atom. The molecule has 3 nitrogen and oxygen atoms in total. The Balaban J connectivity index is 2.38. The quantitative estimate of drug-likeness (QED) is 0.603. The molecular formula is C14H17ClNO2+. The van der Waals surface area contributed by atoms with Gasteiger partial charge in [0.15, 0.2) is 7.11 Å². The van der Waals surface area contributed by atoms with E-state index in [1.807, 2.05) is 18.2 Å². The van der Waals surface area contributed by atoms with Gasteiger partial charge < -0.3 is 0 Å². The molecule has 0 fully saturated rings. The van der Waals surface area contributed by atoms with Crippen molar-refractivity contribution in [2.75, 3.05) is 13.0 Å². The van der Waals surface area contributed by atoms with E-state index in [1.165, 1.54) is 31.1 Å². The van der Waals surface area contributed by atoms with Crippen LogP contribution in [0.2, 0.25) is 0 Å². The molecule has 0 N–H and O–H groups in total. The number of hydrogen-bond donors (Lipinski definition) is 0. The highest BCUT2D eigenvalue weighted by Gasteiger charge is 2.18. The van der Waals surface area contributed by atoms with Crippen molar-refractivity contribution in [3.05, 3.63) is 40.3 Å². The molecule has 1 aliphatic rings. The monoisotopic (exact) mass is 266 g/mol. The maximum Gasteiger partial charge on any atom is 0.317 e. The summed E-state index contributed by atoms with van der Waals surface area (Å²) in [6, 6.07) is 7.51. The fourth-order valence-corrected chi connectivity index (χ4v) is 2.67. The van der Waals surface area contributed by atoms with Crippen LogP contribution in [0.5, 0.6) is 0 Å². The maximum atomic E-state index is 11.5. The predicted octanol–water partition coefficient (Wildman–Crippen LogP) is 4.22. The van der Waals surface area contributed by atoms with Crippen molar-refractivity contribution < 1.29 is 9.76 Å². The second-order valence-electron chi connectivity index (χ2n) is 4.41. The van der Waals surface area contributed by atoms with Gasteiger partial charge in [0.2, 0.25) is 0 Å². The minimum Gasteiger partial charge on any atom is -0.230 e. The first-order chi connectivity index (χ1) is 8.76. The summed E-state index contributed by atoms with van der Waals surface area (Å²) in [6.07, 6.45) is 4.49. The lowest BCUT2D eigenvalue weighted by atomic mass is 9.88. The molecule has 4 heteroatoms. The van der Waals surface area contributed by atoms with Crippen LogP contribution in [0.25, 0.3) is 5.57 Å². The lowest BCUT2D eigenvalue weighted by Crippen LogP contribution is -2.02. The van der Waals surface area contributed by atoms with Gasteiger partial charge in [-0.1, -0.05) is 17.7 Å². The van der Waals surface area contributed by atoms with Crippen molar-refractivity contribution in [1.29, 1.82) is 0 Å². The van der Waals surface area contributed by atoms with E-state index in [0.717, 1.165) is 18.4 Å². The summed E-state index contributed by atoms with van der Waals surface area (Å²) in [4.78, 5) is 16.6. The van der Waals surface area contributed by atoms with E-state index in [0.29, 0.717) is 16.5 Å². The van der Waals surface area contributed by atoms with Crippen LogP contribution in [0.4, 0.5) is 5.69 Å². The highest BCUT2D eigenvalue weighted by molar-refractivity contribution is 6.20. The zero-order valence-corrected chi connectivity index (χ0v) is 11.2. The zero-order valence-electron chi connectivity index (χ0n) is 10.5. The number of rotatable bonds is 4. The summed E-state index contributed by atoms with van der Waals surface area (Å²) in [7, 11) is 1.36. The van der Waals surface area contributed by atoms with Gasteiger partial charge in [0.1, 0.15) is 0 Å². The first-order valence-electron chi connectivity index (χ1n) is 6.15. The number of nitrogens with zero attached hydrogens (tertiary/aromatic N) is 1. The van der Waals surface area contributed by atoms with Crippen molar-refractivity contribution in [3.8, 4) is 0 Å². The molecule has 0 unspecified atom stereocenters. The lowest BCUT2D eigenvalue weighted by Gasteiger charge is -2.18. The van der Waals surface area contributed by atoms with E-state index >= 15 is 0 Å². The summed E-state index contributed by atoms with van der Waals surface area (Å²) in [6.45, 7) is 0. The zero-order chi connectivity index (χ0) is 13.0. The summed E-state index contributed by atoms with van der Waals surface area (Å²) in [5, 5.41) is 0. The molecule has 0 amide bonds. The Kier molecular flexibility index (Phi) is 4.37. The first-order valence-corrected chi connectivity index (χ1v) is 6.68. The Bertz CT molecular complexity index is 482. The van der Waals surface area contributed by atoms with Crippen LogP contribution in [0.1, 0.15) is 31.2 Å². The first kappa shape index (κ1) is 13.1. The molecule has 0 aromatic heterocycles. The van der Waals surface area contributed by atoms with Crippen LogP contribution in [0.15, 0.2) is 29.8 Å². The Morgan fingerprint density at radius 1 is 1.33 bits per heavy atom. The molecule has 0 saturated heterocycles. The Hall–Kier alpha value is -1.35. The highest BCUT2D eigenvalue weighted by Crippen LogP contribution is 2.34. The van der Waals surface area contributed by atoms with Crippen LogP contribution in [-0.2, 0) is 4.84 Å². The van der Waals surface area contributed by atoms with Crippen molar-refractivity contribution in [2.45, 2.75) is 25.7 Å². The fraction of sp³-hybridized carbons (Fsp3) is 0.429. The van der Waals surface area contributed by atoms with Crippen LogP contribution in [0, 0.1) is 4.91 Å². The third kappa shape index (κ3) is 2.72. The summed E-state index contributed by atoms with van der Waals surface area (Å²) >= 11 is 6.00. The second kappa shape index (κ2) is 6.01. The number of benzene rings is 1. The minimum atomic E-state index is 0.516. The predicted molar refractivity (Wildman–Crippen MR) is 72.8 cm³/mol. The topological polar surface area (TPSA) is 29.3 Å². The average Bonchev–Trinajstić information content (AvgIpc) is 2.46. The van der Waals surface area contributed by atoms with Gasteiger partial charge in [-0.3, -0.25) is 0 Å². The van der Waals surface area contributed by atoms with Crippen molar-refractivity contribution >= 4 is 22.9 Å². The molecule has 0 aliphatic heterocycles. The van der Waals surface area contributed by atoms with Gasteiger partial charge in [0.25, 0.3) is 4.92 Å². The van der Waals surface area contributed by atoms with E-state index in [9.17, 15) is 4.91 Å². The van der Waals surface area contributed by atoms with Gasteiger partial charge in [-0.15, -0.1) is 11.6 Å². The second-order valence-corrected chi connectivity index (χ2v) is 4.68. The summed E-state index contributed by atoms with van der Waals surface area (Å²) < 4.78 is 0. The highest BCUT2D eigenvalue weighted by atomic mass is 35.5. The van der Waals surface area contributed by atoms with Gasteiger partial charge in [0.05, 0.1) is 4.91 Å². The molecule has 1 aromatic rings. The van der Waals surface area contributed by atoms with Crippen LogP contribution in [0.3, 0.4) is 0 Å². The van der Waals surface area contributed by atoms with Crippen LogP contribution < -0.4 is 0 Å². The molecular weight excluding hydrogens is 250 g/mol. The average molecular weight is 267 g/mol.